The van der Waals surface area contributed by atoms with Gasteiger partial charge >= 0.3 is 6.18 Å². The molecule has 14 heteroatoms. The lowest BCUT2D eigenvalue weighted by molar-refractivity contribution is -0.141. The number of aliphatic hydroxyl groups excluding tert-OH is 1. The normalized spacial score (nSPS) is 21.1. The number of aliphatic hydroxyl groups is 1. The maximum Gasteiger partial charge on any atom is 0.433 e. The van der Waals surface area contributed by atoms with Crippen LogP contribution in [0.25, 0.3) is 39.1 Å². The van der Waals surface area contributed by atoms with E-state index in [1.54, 1.807) is 15.9 Å². The fourth-order valence-electron chi connectivity index (χ4n) is 7.52. The lowest BCUT2D eigenvalue weighted by Gasteiger charge is -2.33. The lowest BCUT2D eigenvalue weighted by atomic mass is 9.85. The van der Waals surface area contributed by atoms with E-state index in [1.807, 2.05) is 37.4 Å². The van der Waals surface area contributed by atoms with Crippen LogP contribution in [0.1, 0.15) is 30.5 Å². The molecule has 0 aliphatic carbocycles. The van der Waals surface area contributed by atoms with Crippen molar-refractivity contribution in [2.24, 2.45) is 12.5 Å². The monoisotopic (exact) mass is 683 g/mol. The number of aryl methyl sites for hydroxylation is 1. The molecule has 5 aromatic rings. The molecule has 3 aromatic heterocycles. The number of β-amino-alcohol motifs (C(OH)–C–C–N with tert-alkyl or cyclic N) is 1. The molecule has 11 nitrogen and oxygen atoms in total. The largest absolute Gasteiger partial charge is 0.433 e. The Morgan fingerprint density at radius 2 is 1.76 bits per heavy atom. The number of H-pyrrole nitrogens is 1. The van der Waals surface area contributed by atoms with Crippen molar-refractivity contribution in [3.8, 4) is 22.6 Å². The van der Waals surface area contributed by atoms with E-state index >= 15 is 0 Å². The summed E-state index contributed by atoms with van der Waals surface area (Å²) in [6.45, 7) is 3.73. The van der Waals surface area contributed by atoms with Gasteiger partial charge in [-0.25, -0.2) is 4.98 Å². The molecule has 1 amide bonds. The highest BCUT2D eigenvalue weighted by Gasteiger charge is 2.51. The zero-order chi connectivity index (χ0) is 34.6. The standard InChI is InChI=1S/C36H36F3N9O2/c1-45-22-41-33(44-45)25-4-2-23(3-5-25)24-10-14-47(15-11-24)31(49)20-46-16-12-35(21-46)13-17-48(34(35)50)27-7-8-29-28(18-27)32(43-42-29)26-6-9-30(40-19-26)36(37,38)39/h2-10,18-19,22,31,49H,11-17,20-21H2,1H3,(H,42,43)/t31-,35-/m0/s1. The summed E-state index contributed by atoms with van der Waals surface area (Å²) in [4.78, 5) is 27.9. The van der Waals surface area contributed by atoms with Gasteiger partial charge in [-0.05, 0) is 67.3 Å². The number of amides is 1. The molecule has 8 rings (SSSR count). The van der Waals surface area contributed by atoms with Gasteiger partial charge in [-0.15, -0.1) is 0 Å². The van der Waals surface area contributed by atoms with Crippen molar-refractivity contribution in [2.75, 3.05) is 44.2 Å². The SMILES string of the molecule is Cn1cnc(-c2ccc(C3=CCN([C@@H](O)CN4CC[C@]5(CCN(c6ccc7[nH]nc(-c8ccc(C(F)(F)F)nc8)c7c6)C5=O)C4)CC3)cc2)n1. The van der Waals surface area contributed by atoms with Gasteiger partial charge in [-0.1, -0.05) is 30.3 Å². The third-order valence-corrected chi connectivity index (χ3v) is 10.3. The molecule has 2 N–H and O–H groups in total. The minimum Gasteiger partial charge on any atom is -0.377 e. The van der Waals surface area contributed by atoms with Crippen LogP contribution >= 0.6 is 0 Å². The first-order valence-electron chi connectivity index (χ1n) is 16.7. The van der Waals surface area contributed by atoms with Crippen LogP contribution in [0.3, 0.4) is 0 Å². The summed E-state index contributed by atoms with van der Waals surface area (Å²) in [5, 5.41) is 23.5. The van der Waals surface area contributed by atoms with Gasteiger partial charge in [0.1, 0.15) is 23.9 Å². The van der Waals surface area contributed by atoms with Gasteiger partial charge in [0, 0.05) is 68.2 Å². The number of carbonyl (C=O) groups is 1. The number of aromatic amines is 1. The second-order valence-corrected chi connectivity index (χ2v) is 13.5. The summed E-state index contributed by atoms with van der Waals surface area (Å²) >= 11 is 0. The molecule has 6 heterocycles. The number of nitrogens with zero attached hydrogens (tertiary/aromatic N) is 8. The quantitative estimate of drug-likeness (QED) is 0.247. The van der Waals surface area contributed by atoms with Crippen LogP contribution in [0.2, 0.25) is 0 Å². The van der Waals surface area contributed by atoms with Crippen LogP contribution in [0.15, 0.2) is 73.2 Å². The Morgan fingerprint density at radius 3 is 2.46 bits per heavy atom. The van der Waals surface area contributed by atoms with Crippen molar-refractivity contribution in [2.45, 2.75) is 31.7 Å². The van der Waals surface area contributed by atoms with Gasteiger partial charge in [0.15, 0.2) is 5.82 Å². The molecule has 3 aliphatic rings. The predicted octanol–water partition coefficient (Wildman–Crippen LogP) is 4.98. The van der Waals surface area contributed by atoms with Crippen molar-refractivity contribution >= 4 is 28.1 Å². The maximum absolute atomic E-state index is 14.0. The number of anilines is 1. The van der Waals surface area contributed by atoms with Gasteiger partial charge in [-0.3, -0.25) is 29.4 Å². The number of fused-ring (bicyclic) bond motifs is 1. The van der Waals surface area contributed by atoms with Crippen molar-refractivity contribution in [1.82, 2.24) is 39.7 Å². The second kappa shape index (κ2) is 12.4. The molecule has 0 saturated carbocycles. The first-order chi connectivity index (χ1) is 24.1. The number of nitrogens with one attached hydrogen (secondary N) is 1. The number of hydrogen-bond donors (Lipinski definition) is 2. The molecule has 2 atom stereocenters. The summed E-state index contributed by atoms with van der Waals surface area (Å²) in [6, 6.07) is 16.1. The Morgan fingerprint density at radius 1 is 0.980 bits per heavy atom. The average Bonchev–Trinajstić information content (AvgIpc) is 3.92. The number of rotatable bonds is 7. The zero-order valence-electron chi connectivity index (χ0n) is 27.4. The third-order valence-electron chi connectivity index (χ3n) is 10.3. The van der Waals surface area contributed by atoms with Gasteiger partial charge in [0.2, 0.25) is 5.91 Å². The minimum atomic E-state index is -4.53. The highest BCUT2D eigenvalue weighted by molar-refractivity contribution is 6.03. The molecule has 50 heavy (non-hydrogen) atoms. The molecule has 3 aliphatic heterocycles. The maximum atomic E-state index is 14.0. The van der Waals surface area contributed by atoms with Gasteiger partial charge < -0.3 is 10.0 Å². The molecular weight excluding hydrogens is 647 g/mol. The molecule has 258 valence electrons. The van der Waals surface area contributed by atoms with Crippen LogP contribution in [-0.2, 0) is 18.0 Å². The molecule has 2 saturated heterocycles. The highest BCUT2D eigenvalue weighted by atomic mass is 19.4. The Labute approximate surface area is 286 Å². The average molecular weight is 684 g/mol. The minimum absolute atomic E-state index is 0.0606. The fourth-order valence-corrected chi connectivity index (χ4v) is 7.52. The second-order valence-electron chi connectivity index (χ2n) is 13.5. The molecular formula is C36H36F3N9O2. The van der Waals surface area contributed by atoms with Crippen LogP contribution in [-0.4, -0.2) is 96.3 Å². The summed E-state index contributed by atoms with van der Waals surface area (Å²) in [6.07, 6.45) is 2.13. The highest BCUT2D eigenvalue weighted by Crippen LogP contribution is 2.43. The van der Waals surface area contributed by atoms with Crippen molar-refractivity contribution in [3.63, 3.8) is 0 Å². The van der Waals surface area contributed by atoms with Crippen LogP contribution in [0.5, 0.6) is 0 Å². The topological polar surface area (TPSA) is 119 Å². The smallest absolute Gasteiger partial charge is 0.377 e. The van der Waals surface area contributed by atoms with Crippen LogP contribution < -0.4 is 4.90 Å². The Bertz CT molecular complexity index is 2070. The van der Waals surface area contributed by atoms with E-state index in [-0.39, 0.29) is 5.91 Å². The predicted molar refractivity (Wildman–Crippen MR) is 181 cm³/mol. The number of halogens is 3. The molecule has 2 fully saturated rings. The van der Waals surface area contributed by atoms with E-state index in [9.17, 15) is 23.1 Å². The summed E-state index contributed by atoms with van der Waals surface area (Å²) in [5.74, 6) is 0.759. The van der Waals surface area contributed by atoms with E-state index in [2.05, 4.69) is 53.3 Å². The van der Waals surface area contributed by atoms with Crippen LogP contribution in [0.4, 0.5) is 18.9 Å². The Kier molecular flexibility index (Phi) is 8.04. The van der Waals surface area contributed by atoms with E-state index in [0.29, 0.717) is 60.6 Å². The number of pyridine rings is 1. The Balaban J connectivity index is 0.893. The summed E-state index contributed by atoms with van der Waals surface area (Å²) < 4.78 is 40.8. The number of aromatic nitrogens is 6. The Hall–Kier alpha value is -4.92. The van der Waals surface area contributed by atoms with Crippen LogP contribution in [0, 0.1) is 5.41 Å². The van der Waals surface area contributed by atoms with E-state index < -0.39 is 23.5 Å². The first kappa shape index (κ1) is 32.3. The number of benzene rings is 2. The molecule has 1 spiro atoms. The lowest BCUT2D eigenvalue weighted by Crippen LogP contribution is -2.46. The molecule has 2 aromatic carbocycles. The number of carbonyl (C=O) groups excluding carboxylic acids is 1. The number of hydrogen-bond acceptors (Lipinski definition) is 8. The third kappa shape index (κ3) is 5.97. The van der Waals surface area contributed by atoms with E-state index in [0.717, 1.165) is 48.8 Å². The fraction of sp³-hybridized carbons (Fsp3) is 0.361. The van der Waals surface area contributed by atoms with Gasteiger partial charge in [0.25, 0.3) is 0 Å². The van der Waals surface area contributed by atoms with E-state index in [4.69, 9.17) is 0 Å². The zero-order valence-corrected chi connectivity index (χ0v) is 27.4. The van der Waals surface area contributed by atoms with Crippen molar-refractivity contribution in [3.05, 3.63) is 84.5 Å². The van der Waals surface area contributed by atoms with Gasteiger partial charge in [-0.2, -0.15) is 23.4 Å². The number of likely N-dealkylation sites (tertiary alicyclic amines) is 1. The van der Waals surface area contributed by atoms with Gasteiger partial charge in [0.05, 0.1) is 10.9 Å². The molecule has 0 radical (unpaired) electrons. The molecule has 0 bridgehead atoms. The molecule has 0 unspecified atom stereocenters. The van der Waals surface area contributed by atoms with Crippen molar-refractivity contribution < 1.29 is 23.1 Å². The summed E-state index contributed by atoms with van der Waals surface area (Å²) in [7, 11) is 1.85. The van der Waals surface area contributed by atoms with Crippen molar-refractivity contribution in [1.29, 1.82) is 0 Å². The first-order valence-corrected chi connectivity index (χ1v) is 16.7. The number of alkyl halides is 3. The summed E-state index contributed by atoms with van der Waals surface area (Å²) in [5.41, 5.74) is 4.25. The van der Waals surface area contributed by atoms with E-state index in [1.165, 1.54) is 17.8 Å².